The molecule has 2 amide bonds. The van der Waals surface area contributed by atoms with Crippen LogP contribution in [0.25, 0.3) is 0 Å². The Labute approximate surface area is 221 Å². The van der Waals surface area contributed by atoms with Gasteiger partial charge in [-0.2, -0.15) is 0 Å². The molecule has 0 radical (unpaired) electrons. The quantitative estimate of drug-likeness (QED) is 0.139. The van der Waals surface area contributed by atoms with Gasteiger partial charge in [-0.25, -0.2) is 9.48 Å². The lowest BCUT2D eigenvalue weighted by Gasteiger charge is -2.45. The molecule has 0 spiro atoms. The average Bonchev–Trinajstić information content (AvgIpc) is 3.52. The van der Waals surface area contributed by atoms with E-state index in [4.69, 9.17) is 18.9 Å². The third kappa shape index (κ3) is 6.30. The number of carbonyl (C=O) groups excluding carboxylic acids is 2. The zero-order valence-corrected chi connectivity index (χ0v) is 20.8. The first-order chi connectivity index (χ1) is 18.5. The molecule has 1 aromatic heterocycles. The topological polar surface area (TPSA) is 259 Å². The minimum Gasteiger partial charge on any atom is -0.442 e. The summed E-state index contributed by atoms with van der Waals surface area (Å²) >= 11 is 0. The summed E-state index contributed by atoms with van der Waals surface area (Å²) in [5.41, 5.74) is 0.289. The fourth-order valence-corrected chi connectivity index (χ4v) is 4.56. The van der Waals surface area contributed by atoms with Crippen LogP contribution < -0.4 is 5.32 Å². The van der Waals surface area contributed by atoms with Gasteiger partial charge in [0.25, 0.3) is 0 Å². The Hall–Kier alpha value is -2.52. The molecule has 0 bridgehead atoms. The molecule has 0 aliphatic carbocycles. The van der Waals surface area contributed by atoms with Crippen molar-refractivity contribution in [2.75, 3.05) is 26.3 Å². The van der Waals surface area contributed by atoms with Crippen LogP contribution in [0.2, 0.25) is 0 Å². The highest BCUT2D eigenvalue weighted by Gasteiger charge is 2.51. The van der Waals surface area contributed by atoms with Crippen molar-refractivity contribution in [3.8, 4) is 0 Å². The van der Waals surface area contributed by atoms with Gasteiger partial charge in [0.2, 0.25) is 5.91 Å². The van der Waals surface area contributed by atoms with Crippen LogP contribution in [0, 0.1) is 0 Å². The second-order valence-corrected chi connectivity index (χ2v) is 9.54. The van der Waals surface area contributed by atoms with Crippen LogP contribution in [-0.4, -0.2) is 155 Å². The largest absolute Gasteiger partial charge is 0.442 e. The molecule has 11 atom stereocenters. The zero-order valence-electron chi connectivity index (χ0n) is 20.8. The van der Waals surface area contributed by atoms with Gasteiger partial charge in [-0.1, -0.05) is 5.21 Å². The summed E-state index contributed by atoms with van der Waals surface area (Å²) in [6.45, 7) is 0.265. The van der Waals surface area contributed by atoms with E-state index < -0.39 is 86.8 Å². The number of aliphatic hydroxyl groups is 7. The van der Waals surface area contributed by atoms with E-state index in [1.165, 1.54) is 18.0 Å². The van der Waals surface area contributed by atoms with Gasteiger partial charge in [0, 0.05) is 6.92 Å². The first kappa shape index (κ1) is 29.5. The number of nitrogens with zero attached hydrogens (tertiary/aromatic N) is 4. The summed E-state index contributed by atoms with van der Waals surface area (Å²) in [4.78, 5) is 24.6. The van der Waals surface area contributed by atoms with Gasteiger partial charge in [0.05, 0.1) is 39.0 Å². The van der Waals surface area contributed by atoms with Gasteiger partial charge in [-0.15, -0.1) is 5.10 Å². The molecule has 3 fully saturated rings. The molecule has 18 heteroatoms. The highest BCUT2D eigenvalue weighted by atomic mass is 16.7. The molecule has 1 unspecified atom stereocenters. The number of rotatable bonds is 9. The van der Waals surface area contributed by atoms with Crippen LogP contribution in [0.3, 0.4) is 0 Å². The predicted molar refractivity (Wildman–Crippen MR) is 121 cm³/mol. The van der Waals surface area contributed by atoms with Crippen molar-refractivity contribution in [3.63, 3.8) is 0 Å². The van der Waals surface area contributed by atoms with Crippen LogP contribution in [0.15, 0.2) is 6.20 Å². The van der Waals surface area contributed by atoms with E-state index in [0.717, 1.165) is 4.68 Å². The summed E-state index contributed by atoms with van der Waals surface area (Å²) in [5.74, 6) is -0.261. The Kier molecular flexibility index (Phi) is 9.32. The number of carbonyl (C=O) groups is 2. The van der Waals surface area contributed by atoms with E-state index in [1.807, 2.05) is 0 Å². The maximum atomic E-state index is 12.1. The summed E-state index contributed by atoms with van der Waals surface area (Å²) in [6, 6.07) is 0. The third-order valence-electron chi connectivity index (χ3n) is 6.68. The maximum absolute atomic E-state index is 12.1. The van der Waals surface area contributed by atoms with Crippen molar-refractivity contribution in [1.29, 1.82) is 0 Å². The van der Waals surface area contributed by atoms with Crippen molar-refractivity contribution in [2.24, 2.45) is 0 Å². The number of cyclic esters (lactones) is 1. The van der Waals surface area contributed by atoms with Crippen LogP contribution >= 0.6 is 0 Å². The molecular weight excluding hydrogens is 530 g/mol. The van der Waals surface area contributed by atoms with Gasteiger partial charge in [0.1, 0.15) is 60.6 Å². The maximum Gasteiger partial charge on any atom is 0.410 e. The summed E-state index contributed by atoms with van der Waals surface area (Å²) in [5, 5.41) is 81.4. The molecule has 3 aliphatic rings. The molecule has 220 valence electrons. The molecule has 0 aromatic carbocycles. The first-order valence-electron chi connectivity index (χ1n) is 12.2. The smallest absolute Gasteiger partial charge is 0.410 e. The van der Waals surface area contributed by atoms with Gasteiger partial charge in [-0.3, -0.25) is 9.69 Å². The van der Waals surface area contributed by atoms with Gasteiger partial charge in [-0.05, 0) is 0 Å². The molecule has 0 saturated carbocycles. The summed E-state index contributed by atoms with van der Waals surface area (Å²) < 4.78 is 22.8. The minimum absolute atomic E-state index is 0.00690. The van der Waals surface area contributed by atoms with E-state index in [0.29, 0.717) is 0 Å². The highest BCUT2D eigenvalue weighted by Crippen LogP contribution is 2.32. The average molecular weight is 564 g/mol. The number of hydrogen-bond donors (Lipinski definition) is 8. The van der Waals surface area contributed by atoms with Gasteiger partial charge in [0.15, 0.2) is 12.5 Å². The standard InChI is InChI=1S/C21H33N5O13/c1-8(29)22-2-10-5-25(21(35)36-10)3-9-4-26(24-23-9)19-16(33)15(32)18(12(7-28)37-19)39-20-17(34)14(31)13(30)11(6-27)38-20/h4,10-20,27-28,30-34H,2-3,5-7H2,1H3,(H,22,29)/t10?,11-,12-,13+,14+,15-,16-,17-,18-,19-,20+/m1/s1. The Morgan fingerprint density at radius 3 is 2.44 bits per heavy atom. The van der Waals surface area contributed by atoms with E-state index in [1.54, 1.807) is 0 Å². The van der Waals surface area contributed by atoms with Crippen LogP contribution in [0.4, 0.5) is 4.79 Å². The minimum atomic E-state index is -1.78. The summed E-state index contributed by atoms with van der Waals surface area (Å²) in [6.07, 6.45) is -15.4. The Balaban J connectivity index is 1.40. The normalized spacial score (nSPS) is 39.0. The highest BCUT2D eigenvalue weighted by molar-refractivity contribution is 5.73. The monoisotopic (exact) mass is 563 g/mol. The van der Waals surface area contributed by atoms with E-state index in [9.17, 15) is 45.3 Å². The van der Waals surface area contributed by atoms with E-state index in [-0.39, 0.29) is 31.2 Å². The lowest BCUT2D eigenvalue weighted by atomic mass is 9.96. The first-order valence-corrected chi connectivity index (χ1v) is 12.2. The molecule has 3 aliphatic heterocycles. The SMILES string of the molecule is CC(=O)NCC1CN(Cc2cn([C@@H]3O[C@H](CO)[C@@H](O[C@@H]4O[C@H](CO)[C@H](O)[C@H](O)[C@H]4O)[C@H](O)[C@H]3O)nn2)C(=O)O1. The lowest BCUT2D eigenvalue weighted by molar-refractivity contribution is -0.347. The van der Waals surface area contributed by atoms with Crippen molar-refractivity contribution in [2.45, 2.75) is 80.9 Å². The fraction of sp³-hybridized carbons (Fsp3) is 0.810. The molecule has 18 nitrogen and oxygen atoms in total. The van der Waals surface area contributed by atoms with Crippen molar-refractivity contribution >= 4 is 12.0 Å². The molecule has 3 saturated heterocycles. The fourth-order valence-electron chi connectivity index (χ4n) is 4.56. The van der Waals surface area contributed by atoms with Gasteiger partial charge >= 0.3 is 6.09 Å². The number of aromatic nitrogens is 3. The number of aliphatic hydroxyl groups excluding tert-OH is 7. The van der Waals surface area contributed by atoms with Crippen molar-refractivity contribution < 1.29 is 64.3 Å². The molecule has 1 aromatic rings. The Morgan fingerprint density at radius 2 is 1.77 bits per heavy atom. The van der Waals surface area contributed by atoms with E-state index in [2.05, 4.69) is 15.6 Å². The Bertz CT molecular complexity index is 995. The molecule has 39 heavy (non-hydrogen) atoms. The number of hydrogen-bond acceptors (Lipinski definition) is 15. The van der Waals surface area contributed by atoms with Gasteiger partial charge < -0.3 is 60.0 Å². The molecular formula is C21H33N5O13. The van der Waals surface area contributed by atoms with Crippen LogP contribution in [0.1, 0.15) is 18.8 Å². The second kappa shape index (κ2) is 12.3. The number of nitrogens with one attached hydrogen (secondary N) is 1. The van der Waals surface area contributed by atoms with Crippen molar-refractivity contribution in [1.82, 2.24) is 25.2 Å². The summed E-state index contributed by atoms with van der Waals surface area (Å²) in [7, 11) is 0. The lowest BCUT2D eigenvalue weighted by Crippen LogP contribution is -2.63. The Morgan fingerprint density at radius 1 is 1.05 bits per heavy atom. The third-order valence-corrected chi connectivity index (χ3v) is 6.68. The predicted octanol–water partition coefficient (Wildman–Crippen LogP) is -5.47. The molecule has 4 rings (SSSR count). The molecule has 4 heterocycles. The number of amides is 2. The second-order valence-electron chi connectivity index (χ2n) is 9.54. The van der Waals surface area contributed by atoms with Crippen LogP contribution in [-0.2, 0) is 30.3 Å². The van der Waals surface area contributed by atoms with E-state index >= 15 is 0 Å². The zero-order chi connectivity index (χ0) is 28.4. The van der Waals surface area contributed by atoms with Crippen LogP contribution in [0.5, 0.6) is 0 Å². The van der Waals surface area contributed by atoms with Crippen molar-refractivity contribution in [3.05, 3.63) is 11.9 Å². The molecule has 8 N–H and O–H groups in total. The number of ether oxygens (including phenoxy) is 4.